The smallest absolute Gasteiger partial charge is 0.410 e. The van der Waals surface area contributed by atoms with Gasteiger partial charge in [-0.2, -0.15) is 5.10 Å². The number of ether oxygens (including phenoxy) is 1. The monoisotopic (exact) mass is 521 g/mol. The van der Waals surface area contributed by atoms with Crippen molar-refractivity contribution in [2.24, 2.45) is 5.92 Å². The number of carbonyl (C=O) groups excluding carboxylic acids is 1. The molecule has 9 heteroatoms. The van der Waals surface area contributed by atoms with Gasteiger partial charge >= 0.3 is 6.09 Å². The molecule has 8 rings (SSSR count). The summed E-state index contributed by atoms with van der Waals surface area (Å²) >= 11 is 0. The molecule has 0 saturated carbocycles. The molecule has 2 N–H and O–H groups in total. The van der Waals surface area contributed by atoms with E-state index in [9.17, 15) is 4.79 Å². The maximum Gasteiger partial charge on any atom is 0.410 e. The minimum absolute atomic E-state index is 0.0381. The Hall–Kier alpha value is -4.24. The number of aromatic amines is 1. The van der Waals surface area contributed by atoms with Crippen LogP contribution in [0.25, 0.3) is 22.5 Å². The predicted octanol–water partition coefficient (Wildman–Crippen LogP) is 4.87. The molecule has 3 fully saturated rings. The number of nitrogens with one attached hydrogen (secondary N) is 2. The first-order valence-corrected chi connectivity index (χ1v) is 13.7. The van der Waals surface area contributed by atoms with Crippen LogP contribution >= 0.6 is 0 Å². The Morgan fingerprint density at radius 1 is 0.974 bits per heavy atom. The van der Waals surface area contributed by atoms with Crippen LogP contribution < -0.4 is 5.32 Å². The number of nitrogens with zero attached hydrogens (tertiary/aromatic N) is 5. The largest absolute Gasteiger partial charge is 0.444 e. The zero-order valence-corrected chi connectivity index (χ0v) is 21.7. The van der Waals surface area contributed by atoms with Crippen molar-refractivity contribution in [2.45, 2.75) is 31.9 Å². The van der Waals surface area contributed by atoms with Crippen molar-refractivity contribution in [1.82, 2.24) is 30.0 Å². The SMILES string of the molecule is O=C(OC1C[N@]2CC[C@H]1CC2)N1CCc2cc(-c3nccc(Nc4ccc(-c5cn[nH]c5)cc4)n3)ccc2C1. The maximum absolute atomic E-state index is 13.0. The molecule has 1 atom stereocenters. The fourth-order valence-electron chi connectivity index (χ4n) is 5.97. The van der Waals surface area contributed by atoms with E-state index in [0.717, 1.165) is 72.7 Å². The Bertz CT molecular complexity index is 1460. The van der Waals surface area contributed by atoms with Crippen molar-refractivity contribution >= 4 is 17.6 Å². The number of anilines is 2. The van der Waals surface area contributed by atoms with Gasteiger partial charge in [-0.25, -0.2) is 14.8 Å². The van der Waals surface area contributed by atoms with Crippen molar-refractivity contribution in [3.63, 3.8) is 0 Å². The molecular weight excluding hydrogens is 490 g/mol. The molecule has 1 unspecified atom stereocenters. The molecule has 6 heterocycles. The molecule has 2 aromatic carbocycles. The predicted molar refractivity (Wildman–Crippen MR) is 148 cm³/mol. The van der Waals surface area contributed by atoms with E-state index >= 15 is 0 Å². The second-order valence-electron chi connectivity index (χ2n) is 10.7. The fraction of sp³-hybridized carbons (Fsp3) is 0.333. The average Bonchev–Trinajstić information content (AvgIpc) is 3.53. The molecule has 0 radical (unpaired) electrons. The highest BCUT2D eigenvalue weighted by Crippen LogP contribution is 2.31. The fourth-order valence-corrected chi connectivity index (χ4v) is 5.97. The zero-order valence-electron chi connectivity index (χ0n) is 21.7. The molecule has 0 aliphatic carbocycles. The van der Waals surface area contributed by atoms with Gasteiger partial charge in [-0.15, -0.1) is 0 Å². The number of aromatic nitrogens is 4. The van der Waals surface area contributed by atoms with Crippen molar-refractivity contribution < 1.29 is 9.53 Å². The molecule has 2 bridgehead atoms. The second kappa shape index (κ2) is 10.1. The van der Waals surface area contributed by atoms with E-state index < -0.39 is 0 Å². The number of H-pyrrole nitrogens is 1. The zero-order chi connectivity index (χ0) is 26.2. The molecule has 9 nitrogen and oxygen atoms in total. The lowest BCUT2D eigenvalue weighted by Gasteiger charge is -2.44. The normalized spacial score (nSPS) is 21.8. The van der Waals surface area contributed by atoms with Gasteiger partial charge in [0.2, 0.25) is 0 Å². The molecule has 0 spiro atoms. The van der Waals surface area contributed by atoms with Crippen LogP contribution in [-0.2, 0) is 17.7 Å². The number of amides is 1. The van der Waals surface area contributed by atoms with Gasteiger partial charge in [0.1, 0.15) is 11.9 Å². The first kappa shape index (κ1) is 23.8. The Morgan fingerprint density at radius 2 is 1.82 bits per heavy atom. The third-order valence-corrected chi connectivity index (χ3v) is 8.23. The summed E-state index contributed by atoms with van der Waals surface area (Å²) in [5.41, 5.74) is 6.45. The highest BCUT2D eigenvalue weighted by Gasteiger charge is 2.37. The van der Waals surface area contributed by atoms with Crippen molar-refractivity contribution in [3.8, 4) is 22.5 Å². The van der Waals surface area contributed by atoms with E-state index in [1.807, 2.05) is 35.4 Å². The summed E-state index contributed by atoms with van der Waals surface area (Å²) < 4.78 is 5.97. The summed E-state index contributed by atoms with van der Waals surface area (Å²) in [6.07, 6.45) is 8.39. The van der Waals surface area contributed by atoms with E-state index in [4.69, 9.17) is 9.72 Å². The lowest BCUT2D eigenvalue weighted by molar-refractivity contribution is -0.0446. The first-order valence-electron chi connectivity index (χ1n) is 13.7. The number of benzene rings is 2. The van der Waals surface area contributed by atoms with Crippen LogP contribution in [0.5, 0.6) is 0 Å². The van der Waals surface area contributed by atoms with E-state index in [0.29, 0.717) is 24.8 Å². The molecule has 1 amide bonds. The number of carbonyl (C=O) groups is 1. The van der Waals surface area contributed by atoms with Gasteiger partial charge in [-0.1, -0.05) is 24.3 Å². The van der Waals surface area contributed by atoms with Crippen LogP contribution in [0.2, 0.25) is 0 Å². The third-order valence-electron chi connectivity index (χ3n) is 8.23. The summed E-state index contributed by atoms with van der Waals surface area (Å²) in [5.74, 6) is 1.92. The van der Waals surface area contributed by atoms with Crippen LogP contribution in [0, 0.1) is 5.92 Å². The lowest BCUT2D eigenvalue weighted by Crippen LogP contribution is -2.53. The summed E-state index contributed by atoms with van der Waals surface area (Å²) in [5, 5.41) is 10.2. The molecule has 4 aromatic rings. The Morgan fingerprint density at radius 3 is 2.59 bits per heavy atom. The van der Waals surface area contributed by atoms with Gasteiger partial charge < -0.3 is 15.0 Å². The maximum atomic E-state index is 13.0. The van der Waals surface area contributed by atoms with E-state index in [1.165, 1.54) is 5.56 Å². The van der Waals surface area contributed by atoms with Gasteiger partial charge in [0.15, 0.2) is 5.82 Å². The number of hydrogen-bond acceptors (Lipinski definition) is 7. The van der Waals surface area contributed by atoms with Gasteiger partial charge in [0.05, 0.1) is 6.20 Å². The van der Waals surface area contributed by atoms with Gasteiger partial charge in [-0.3, -0.25) is 10.00 Å². The van der Waals surface area contributed by atoms with Gasteiger partial charge in [0, 0.05) is 48.8 Å². The minimum atomic E-state index is -0.177. The van der Waals surface area contributed by atoms with Crippen LogP contribution in [-0.4, -0.2) is 68.3 Å². The summed E-state index contributed by atoms with van der Waals surface area (Å²) in [4.78, 5) is 26.5. The molecule has 3 saturated heterocycles. The van der Waals surface area contributed by atoms with Crippen LogP contribution in [0.4, 0.5) is 16.3 Å². The molecule has 198 valence electrons. The number of hydrogen-bond donors (Lipinski definition) is 2. The van der Waals surface area contributed by atoms with Crippen LogP contribution in [0.1, 0.15) is 24.0 Å². The molecule has 4 aliphatic heterocycles. The summed E-state index contributed by atoms with van der Waals surface area (Å²) in [7, 11) is 0. The average molecular weight is 522 g/mol. The molecular formula is C30H31N7O2. The van der Waals surface area contributed by atoms with Crippen molar-refractivity contribution in [1.29, 1.82) is 0 Å². The Balaban J connectivity index is 1.01. The number of piperidine rings is 3. The van der Waals surface area contributed by atoms with Gasteiger partial charge in [-0.05, 0) is 79.2 Å². The highest BCUT2D eigenvalue weighted by atomic mass is 16.6. The molecule has 39 heavy (non-hydrogen) atoms. The quantitative estimate of drug-likeness (QED) is 0.387. The molecule has 2 aromatic heterocycles. The summed E-state index contributed by atoms with van der Waals surface area (Å²) in [6, 6.07) is 16.3. The van der Waals surface area contributed by atoms with E-state index in [-0.39, 0.29) is 12.2 Å². The lowest BCUT2D eigenvalue weighted by atomic mass is 9.86. The van der Waals surface area contributed by atoms with Crippen molar-refractivity contribution in [2.75, 3.05) is 31.5 Å². The highest BCUT2D eigenvalue weighted by molar-refractivity contribution is 5.70. The standard InChI is InChI=1S/C30H31N7O2/c38-30(39-27-19-36-12-8-21(27)9-13-36)37-14-10-22-15-23(1-2-24(22)18-37)29-31-11-7-28(35-29)34-26-5-3-20(4-6-26)25-16-32-33-17-25/h1-7,11,15-17,21,27H,8-10,12-14,18-19H2,(H,32,33)(H,31,34,35). The van der Waals surface area contributed by atoms with Gasteiger partial charge in [0.25, 0.3) is 0 Å². The number of rotatable bonds is 5. The van der Waals surface area contributed by atoms with E-state index in [1.54, 1.807) is 12.4 Å². The van der Waals surface area contributed by atoms with Crippen molar-refractivity contribution in [3.05, 3.63) is 78.2 Å². The summed E-state index contributed by atoms with van der Waals surface area (Å²) in [6.45, 7) is 4.40. The topological polar surface area (TPSA) is 99.3 Å². The van der Waals surface area contributed by atoms with Crippen LogP contribution in [0.3, 0.4) is 0 Å². The van der Waals surface area contributed by atoms with Crippen LogP contribution in [0.15, 0.2) is 67.1 Å². The number of fused-ring (bicyclic) bond motifs is 4. The Kier molecular flexibility index (Phi) is 6.20. The molecule has 4 aliphatic rings. The second-order valence-corrected chi connectivity index (χ2v) is 10.7. The van der Waals surface area contributed by atoms with E-state index in [2.05, 4.69) is 49.7 Å². The third kappa shape index (κ3) is 4.97. The minimum Gasteiger partial charge on any atom is -0.444 e. The Labute approximate surface area is 227 Å². The first-order chi connectivity index (χ1) is 19.2.